The van der Waals surface area contributed by atoms with E-state index in [1.54, 1.807) is 0 Å². The number of rotatable bonds is 8. The fourth-order valence-electron chi connectivity index (χ4n) is 5.27. The highest BCUT2D eigenvalue weighted by atomic mass is 32.2. The average Bonchev–Trinajstić information content (AvgIpc) is 3.70. The largest absolute Gasteiger partial charge is 0.586 e. The van der Waals surface area contributed by atoms with Gasteiger partial charge in [0.1, 0.15) is 17.1 Å². The number of fused-ring (bicyclic) bond motifs is 1. The second-order valence-electron chi connectivity index (χ2n) is 11.6. The number of sulfone groups is 1. The molecule has 17 heteroatoms. The highest BCUT2D eigenvalue weighted by Gasteiger charge is 2.49. The summed E-state index contributed by atoms with van der Waals surface area (Å²) in [6, 6.07) is 11.7. The minimum atomic E-state index is -3.99. The summed E-state index contributed by atoms with van der Waals surface area (Å²) in [6.45, 7) is 1.01. The zero-order valence-corrected chi connectivity index (χ0v) is 26.4. The molecule has 1 aliphatic heterocycles. The average molecular weight is 692 g/mol. The number of nitrogens with zero attached hydrogens (tertiary/aromatic N) is 5. The summed E-state index contributed by atoms with van der Waals surface area (Å²) in [5, 5.41) is 31.9. The fourth-order valence-corrected chi connectivity index (χ4v) is 6.22. The summed E-state index contributed by atoms with van der Waals surface area (Å²) in [4.78, 5) is -0.436. The topological polar surface area (TPSA) is 142 Å². The van der Waals surface area contributed by atoms with Crippen LogP contribution in [0.1, 0.15) is 25.1 Å². The van der Waals surface area contributed by atoms with E-state index in [-0.39, 0.29) is 50.8 Å². The van der Waals surface area contributed by atoms with Crippen molar-refractivity contribution in [2.45, 2.75) is 43.2 Å². The maximum Gasteiger partial charge on any atom is 0.586 e. The number of ether oxygens (including phenoxy) is 2. The molecule has 0 unspecified atom stereocenters. The molecule has 1 aliphatic rings. The minimum absolute atomic E-state index is 0.0872. The van der Waals surface area contributed by atoms with Crippen LogP contribution in [-0.2, 0) is 29.4 Å². The van der Waals surface area contributed by atoms with Crippen molar-refractivity contribution in [3.63, 3.8) is 0 Å². The van der Waals surface area contributed by atoms with Gasteiger partial charge >= 0.3 is 12.2 Å². The molecule has 0 spiro atoms. The van der Waals surface area contributed by atoms with Gasteiger partial charge in [0.05, 0.1) is 34.8 Å². The van der Waals surface area contributed by atoms with Crippen LogP contribution in [-0.4, -0.2) is 61.6 Å². The number of aliphatic hydroxyl groups is 2. The molecule has 48 heavy (non-hydrogen) atoms. The van der Waals surface area contributed by atoms with Crippen LogP contribution < -0.4 is 9.47 Å². The number of hydrogen-bond donors (Lipinski definition) is 2. The number of aromatic nitrogens is 5. The van der Waals surface area contributed by atoms with E-state index in [1.165, 1.54) is 60.4 Å². The van der Waals surface area contributed by atoms with Gasteiger partial charge in [-0.05, 0) is 67.4 Å². The minimum Gasteiger partial charge on any atom is -0.395 e. The molecular weight excluding hydrogens is 665 g/mol. The van der Waals surface area contributed by atoms with E-state index in [4.69, 9.17) is 0 Å². The van der Waals surface area contributed by atoms with Crippen LogP contribution in [0.4, 0.5) is 22.0 Å². The van der Waals surface area contributed by atoms with E-state index in [0.717, 1.165) is 36.9 Å². The van der Waals surface area contributed by atoms with Gasteiger partial charge in [0.2, 0.25) is 0 Å². The van der Waals surface area contributed by atoms with E-state index in [9.17, 15) is 27.4 Å². The number of alkyl halides is 4. The predicted octanol–water partition coefficient (Wildman–Crippen LogP) is 5.22. The Hall–Kier alpha value is -4.87. The van der Waals surface area contributed by atoms with Crippen molar-refractivity contribution < 1.29 is 50.1 Å². The summed E-state index contributed by atoms with van der Waals surface area (Å²) in [5.74, 6) is -5.23. The van der Waals surface area contributed by atoms with Gasteiger partial charge in [0, 0.05) is 30.0 Å². The van der Waals surface area contributed by atoms with Crippen molar-refractivity contribution in [1.82, 2.24) is 24.8 Å². The third kappa shape index (κ3) is 5.67. The Bertz CT molecular complexity index is 2190. The molecule has 2 aromatic heterocycles. The molecule has 3 heterocycles. The lowest BCUT2D eigenvalue weighted by molar-refractivity contribution is -0.286. The van der Waals surface area contributed by atoms with E-state index in [0.29, 0.717) is 0 Å². The van der Waals surface area contributed by atoms with Gasteiger partial charge in [0.15, 0.2) is 21.3 Å². The van der Waals surface area contributed by atoms with Gasteiger partial charge in [0.25, 0.3) is 0 Å². The van der Waals surface area contributed by atoms with Crippen molar-refractivity contribution in [3.05, 3.63) is 77.9 Å². The first kappa shape index (κ1) is 33.0. The standard InChI is InChI=1S/C31H26F5N5O6S/c1-29(2,43)30(33,34)28-13-22(40(3)38-28)19-7-5-16(18-9-21(32)20(15-42)27(12-18)48(4,44)45)10-23(19)41-24(14-37-39-41)17-6-8-25-26(11-17)47-31(35,36)46-25/h5-14,42-43H,15H2,1-4H3. The molecule has 0 fully saturated rings. The van der Waals surface area contributed by atoms with Crippen molar-refractivity contribution >= 4 is 9.84 Å². The van der Waals surface area contributed by atoms with Crippen LogP contribution in [0.25, 0.3) is 39.3 Å². The normalized spacial score (nSPS) is 14.5. The second-order valence-corrected chi connectivity index (χ2v) is 13.6. The maximum absolute atomic E-state index is 15.2. The monoisotopic (exact) mass is 691 g/mol. The zero-order chi connectivity index (χ0) is 35.0. The lowest BCUT2D eigenvalue weighted by atomic mass is 9.96. The first-order valence-corrected chi connectivity index (χ1v) is 15.9. The molecule has 0 aliphatic carbocycles. The summed E-state index contributed by atoms with van der Waals surface area (Å²) in [5.41, 5.74) is -2.27. The van der Waals surface area contributed by atoms with Crippen molar-refractivity contribution in [1.29, 1.82) is 0 Å². The van der Waals surface area contributed by atoms with Crippen molar-refractivity contribution in [3.8, 4) is 50.8 Å². The Morgan fingerprint density at radius 3 is 2.29 bits per heavy atom. The summed E-state index contributed by atoms with van der Waals surface area (Å²) >= 11 is 0. The summed E-state index contributed by atoms with van der Waals surface area (Å²) in [6.07, 6.45) is -1.71. The summed E-state index contributed by atoms with van der Waals surface area (Å²) < 4.78 is 109. The SMILES string of the molecule is Cn1nc(C(F)(F)C(C)(C)O)cc1-c1ccc(-c2cc(F)c(CO)c(S(C)(=O)=O)c2)cc1-n1nncc1-c1ccc2c(c1)OC(F)(F)O2. The molecule has 6 rings (SSSR count). The van der Waals surface area contributed by atoms with Gasteiger partial charge < -0.3 is 19.7 Å². The number of aliphatic hydroxyl groups excluding tert-OH is 1. The lowest BCUT2D eigenvalue weighted by Crippen LogP contribution is -2.40. The number of aryl methyl sites for hydroxylation is 1. The third-order valence-corrected chi connectivity index (χ3v) is 8.93. The highest BCUT2D eigenvalue weighted by Crippen LogP contribution is 2.44. The molecule has 2 N–H and O–H groups in total. The van der Waals surface area contributed by atoms with Gasteiger partial charge in [-0.3, -0.25) is 4.68 Å². The van der Waals surface area contributed by atoms with Gasteiger partial charge in [-0.15, -0.1) is 13.9 Å². The zero-order valence-electron chi connectivity index (χ0n) is 25.5. The molecule has 0 saturated carbocycles. The third-order valence-electron chi connectivity index (χ3n) is 7.76. The van der Waals surface area contributed by atoms with E-state index < -0.39 is 56.2 Å². The molecule has 0 radical (unpaired) electrons. The van der Waals surface area contributed by atoms with Crippen molar-refractivity contribution in [2.24, 2.45) is 7.05 Å². The Balaban J connectivity index is 1.58. The van der Waals surface area contributed by atoms with Crippen LogP contribution in [0.5, 0.6) is 11.5 Å². The Labute approximate surface area is 269 Å². The van der Waals surface area contributed by atoms with Crippen LogP contribution >= 0.6 is 0 Å². The van der Waals surface area contributed by atoms with Crippen LogP contribution in [0, 0.1) is 5.82 Å². The van der Waals surface area contributed by atoms with Gasteiger partial charge in [-0.25, -0.2) is 17.5 Å². The van der Waals surface area contributed by atoms with E-state index in [2.05, 4.69) is 24.9 Å². The Morgan fingerprint density at radius 1 is 0.938 bits per heavy atom. The first-order valence-electron chi connectivity index (χ1n) is 14.0. The van der Waals surface area contributed by atoms with E-state index in [1.807, 2.05) is 0 Å². The van der Waals surface area contributed by atoms with Crippen molar-refractivity contribution in [2.75, 3.05) is 6.26 Å². The molecule has 0 amide bonds. The number of halogens is 5. The smallest absolute Gasteiger partial charge is 0.395 e. The van der Waals surface area contributed by atoms with Gasteiger partial charge in [-0.2, -0.15) is 13.9 Å². The maximum atomic E-state index is 15.2. The Morgan fingerprint density at radius 2 is 1.62 bits per heavy atom. The first-order chi connectivity index (χ1) is 22.3. The molecule has 3 aromatic carbocycles. The fraction of sp³-hybridized carbons (Fsp3) is 0.258. The number of hydrogen-bond acceptors (Lipinski definition) is 9. The predicted molar refractivity (Wildman–Crippen MR) is 160 cm³/mol. The van der Waals surface area contributed by atoms with Gasteiger partial charge in [-0.1, -0.05) is 17.3 Å². The summed E-state index contributed by atoms with van der Waals surface area (Å²) in [7, 11) is -2.59. The number of benzene rings is 3. The van der Waals surface area contributed by atoms with Crippen LogP contribution in [0.2, 0.25) is 0 Å². The Kier molecular flexibility index (Phi) is 7.64. The van der Waals surface area contributed by atoms with Crippen LogP contribution in [0.3, 0.4) is 0 Å². The quantitative estimate of drug-likeness (QED) is 0.210. The molecule has 11 nitrogen and oxygen atoms in total. The second kappa shape index (κ2) is 11.1. The highest BCUT2D eigenvalue weighted by molar-refractivity contribution is 7.90. The molecule has 0 saturated heterocycles. The molecule has 5 aromatic rings. The molecule has 0 bridgehead atoms. The van der Waals surface area contributed by atoms with E-state index >= 15 is 13.2 Å². The molecule has 252 valence electrons. The molecule has 0 atom stereocenters. The van der Waals surface area contributed by atoms with Crippen LogP contribution in [0.15, 0.2) is 65.7 Å². The lowest BCUT2D eigenvalue weighted by Gasteiger charge is -2.27. The molecular formula is C31H26F5N5O6S.